The van der Waals surface area contributed by atoms with E-state index in [-0.39, 0.29) is 0 Å². The van der Waals surface area contributed by atoms with Crippen LogP contribution in [0.25, 0.3) is 174 Å². The first-order valence-corrected chi connectivity index (χ1v) is 41.3. The van der Waals surface area contributed by atoms with Crippen LogP contribution in [0, 0.1) is 0 Å². The second-order valence-electron chi connectivity index (χ2n) is 29.8. The summed E-state index contributed by atoms with van der Waals surface area (Å²) in [5.74, 6) is 0. The molecule has 560 valence electrons. The molecule has 0 saturated heterocycles. The van der Waals surface area contributed by atoms with Gasteiger partial charge in [-0.2, -0.15) is 0 Å². The van der Waals surface area contributed by atoms with Gasteiger partial charge in [0.2, 0.25) is 0 Å². The number of rotatable bonds is 7. The largest absolute Gasteiger partial charge is 0.456 e. The predicted octanol–water partition coefficient (Wildman–Crippen LogP) is 32.9. The third kappa shape index (κ3) is 14.2. The molecule has 0 radical (unpaired) electrons. The number of anilines is 4. The van der Waals surface area contributed by atoms with Crippen molar-refractivity contribution < 1.29 is 13.3 Å². The van der Waals surface area contributed by atoms with Gasteiger partial charge in [-0.3, -0.25) is 0 Å². The zero-order chi connectivity index (χ0) is 79.0. The fourth-order valence-corrected chi connectivity index (χ4v) is 17.6. The molecule has 24 rings (SSSR count). The number of hydrogen-bond donors (Lipinski definition) is 1. The lowest BCUT2D eigenvalue weighted by Crippen LogP contribution is -2.10. The molecule has 0 aliphatic heterocycles. The van der Waals surface area contributed by atoms with Crippen LogP contribution in [0.5, 0.6) is 0 Å². The molecule has 0 saturated carbocycles. The number of hydrogen-bond acceptors (Lipinski definition) is 5. The van der Waals surface area contributed by atoms with E-state index in [0.717, 1.165) is 87.8 Å². The van der Waals surface area contributed by atoms with Crippen molar-refractivity contribution in [3.8, 4) is 22.3 Å². The summed E-state index contributed by atoms with van der Waals surface area (Å²) in [5.41, 5.74) is 23.3. The summed E-state index contributed by atoms with van der Waals surface area (Å²) in [7, 11) is 0. The van der Waals surface area contributed by atoms with Gasteiger partial charge in [0.25, 0.3) is 0 Å². The lowest BCUT2D eigenvalue weighted by atomic mass is 9.93. The Kier molecular flexibility index (Phi) is 19.6. The van der Waals surface area contributed by atoms with Crippen LogP contribution in [-0.4, -0.2) is 0 Å². The van der Waals surface area contributed by atoms with Crippen LogP contribution in [-0.2, 0) is 6.42 Å². The van der Waals surface area contributed by atoms with Gasteiger partial charge in [0.1, 0.15) is 33.5 Å². The Bertz CT molecular complexity index is 7910. The highest BCUT2D eigenvalue weighted by Gasteiger charge is 2.21. The van der Waals surface area contributed by atoms with Crippen molar-refractivity contribution in [1.82, 2.24) is 0 Å². The second-order valence-corrected chi connectivity index (χ2v) is 31.6. The van der Waals surface area contributed by atoms with Gasteiger partial charge >= 0.3 is 0 Å². The molecule has 2 N–H and O–H groups in total. The molecule has 0 aliphatic carbocycles. The maximum atomic E-state index is 6.36. The Morgan fingerprint density at radius 3 is 1.10 bits per heavy atom. The molecule has 21 aromatic carbocycles. The van der Waals surface area contributed by atoms with E-state index in [9.17, 15) is 0 Å². The molecule has 3 aromatic heterocycles. The molecule has 0 fully saturated rings. The van der Waals surface area contributed by atoms with E-state index >= 15 is 0 Å². The molecule has 24 aromatic rings. The van der Waals surface area contributed by atoms with Crippen molar-refractivity contribution in [3.05, 3.63) is 445 Å². The Labute approximate surface area is 698 Å². The summed E-state index contributed by atoms with van der Waals surface area (Å²) in [5, 5.41) is 27.1. The van der Waals surface area contributed by atoms with Gasteiger partial charge in [0.05, 0.1) is 5.69 Å². The Morgan fingerprint density at radius 1 is 0.220 bits per heavy atom. The number of benzene rings is 21. The molecule has 0 unspecified atom stereocenters. The average molecular weight is 1640 g/mol. The number of nitrogens with zero attached hydrogens (tertiary/aromatic N) is 1. The minimum absolute atomic E-state index is 0.851. The normalized spacial score (nSPS) is 11.4. The molecule has 7 heteroatoms. The van der Waals surface area contributed by atoms with Gasteiger partial charge in [0, 0.05) is 75.2 Å². The Balaban J connectivity index is 0.000000103. The second kappa shape index (κ2) is 31.8. The summed E-state index contributed by atoms with van der Waals surface area (Å²) in [6, 6.07) is 149. The third-order valence-electron chi connectivity index (χ3n) is 22.6. The topological polar surface area (TPSA) is 68.7 Å². The smallest absolute Gasteiger partial charge is 0.137 e. The number of furan rings is 3. The van der Waals surface area contributed by atoms with E-state index in [2.05, 4.69) is 383 Å². The van der Waals surface area contributed by atoms with E-state index in [1.165, 1.54) is 136 Å². The van der Waals surface area contributed by atoms with E-state index in [0.29, 0.717) is 0 Å². The summed E-state index contributed by atoms with van der Waals surface area (Å²) in [4.78, 5) is 2.37. The van der Waals surface area contributed by atoms with Crippen LogP contribution in [0.1, 0.15) is 11.1 Å². The van der Waals surface area contributed by atoms with Crippen molar-refractivity contribution in [2.45, 2.75) is 6.42 Å². The zero-order valence-corrected chi connectivity index (χ0v) is 67.3. The number of para-hydroxylation sites is 3. The summed E-state index contributed by atoms with van der Waals surface area (Å²) >= 11 is 6.90. The van der Waals surface area contributed by atoms with Gasteiger partial charge in [-0.05, 0) is 206 Å². The number of halogens is 2. The summed E-state index contributed by atoms with van der Waals surface area (Å²) in [6.07, 6.45) is 0.887. The van der Waals surface area contributed by atoms with Crippen LogP contribution in [0.4, 0.5) is 22.7 Å². The first-order valence-electron chi connectivity index (χ1n) is 39.7. The summed E-state index contributed by atoms with van der Waals surface area (Å²) in [6.45, 7) is 0. The highest BCUT2D eigenvalue weighted by molar-refractivity contribution is 9.10. The maximum absolute atomic E-state index is 6.36. The third-order valence-corrected chi connectivity index (χ3v) is 23.6. The lowest BCUT2D eigenvalue weighted by molar-refractivity contribution is 0.668. The minimum atomic E-state index is 0.851. The van der Waals surface area contributed by atoms with E-state index in [1.807, 2.05) is 78.9 Å². The fraction of sp³-hybridized carbons (Fsp3) is 0.00901. The SMILES string of the molecule is Brc1ccc(-c2cccc3ccccc23)cc1.Brc1ccc2c(c1)oc1ccccc12.Nc1cc2ccccc2c2ccccc12.c1ccc2c(-c3ccc(N(c4ccc5c(c4)oc4ccccc45)c4cc5ccccc5c5ccccc45)cc3)cccc2c1.c1ccc2c(c1)cc(Cc1ccc3c(c1)oc1ccccc13)c1ccccc12. The molecule has 0 aliphatic rings. The zero-order valence-electron chi connectivity index (χ0n) is 64.1. The van der Waals surface area contributed by atoms with Crippen LogP contribution in [0.15, 0.2) is 447 Å². The van der Waals surface area contributed by atoms with Crippen molar-refractivity contribution >= 4 is 207 Å². The highest BCUT2D eigenvalue weighted by atomic mass is 79.9. The molecular weight excluding hydrogens is 1570 g/mol. The fourth-order valence-electron chi connectivity index (χ4n) is 17.0. The minimum Gasteiger partial charge on any atom is -0.456 e. The van der Waals surface area contributed by atoms with Gasteiger partial charge in [-0.1, -0.05) is 359 Å². The molecular formula is C111H74Br2N2O3. The van der Waals surface area contributed by atoms with Crippen LogP contribution in [0.2, 0.25) is 0 Å². The van der Waals surface area contributed by atoms with Crippen LogP contribution < -0.4 is 10.6 Å². The van der Waals surface area contributed by atoms with E-state index in [4.69, 9.17) is 19.0 Å². The van der Waals surface area contributed by atoms with Gasteiger partial charge in [-0.15, -0.1) is 0 Å². The van der Waals surface area contributed by atoms with Crippen molar-refractivity contribution in [2.75, 3.05) is 10.6 Å². The summed E-state index contributed by atoms with van der Waals surface area (Å²) < 4.78 is 20.3. The predicted molar refractivity (Wildman–Crippen MR) is 509 cm³/mol. The maximum Gasteiger partial charge on any atom is 0.137 e. The van der Waals surface area contributed by atoms with Gasteiger partial charge in [-0.25, -0.2) is 0 Å². The molecule has 3 heterocycles. The first kappa shape index (κ1) is 72.6. The molecule has 0 atom stereocenters. The molecule has 118 heavy (non-hydrogen) atoms. The van der Waals surface area contributed by atoms with Crippen molar-refractivity contribution in [1.29, 1.82) is 0 Å². The number of fused-ring (bicyclic) bond motifs is 20. The Morgan fingerprint density at radius 2 is 0.568 bits per heavy atom. The van der Waals surface area contributed by atoms with E-state index < -0.39 is 0 Å². The average Bonchev–Trinajstić information content (AvgIpc) is 1.12. The Hall–Kier alpha value is -14.3. The molecule has 0 bridgehead atoms. The van der Waals surface area contributed by atoms with Crippen LogP contribution >= 0.6 is 31.9 Å². The van der Waals surface area contributed by atoms with E-state index in [1.54, 1.807) is 0 Å². The molecule has 5 nitrogen and oxygen atoms in total. The van der Waals surface area contributed by atoms with Crippen molar-refractivity contribution in [3.63, 3.8) is 0 Å². The molecule has 0 spiro atoms. The monoisotopic (exact) mass is 1640 g/mol. The van der Waals surface area contributed by atoms with Crippen molar-refractivity contribution in [2.24, 2.45) is 0 Å². The standard InChI is InChI=1S/C42H27NO.C27H18O.C16H11Br.C14H11N.C12H7BrO/c1-3-13-33-28(10-1)12-9-18-34(33)29-20-22-31(23-21-29)43(32-24-25-39-38-17-7-8-19-41(38)44-42(39)27-32)40-26-30-11-2-4-14-35(30)36-15-5-6-16-37(36)40;1-2-8-21-19(7-1)17-20(22-9-3-4-10-23(21)22)15-18-13-14-25-24-11-5-6-12-26(24)28-27(25)16-18;17-14-10-8-13(9-11-14)16-7-3-5-12-4-1-2-6-15(12)16;15-14-9-10-5-1-2-6-11(10)12-7-3-4-8-13(12)14;13-8-5-6-10-9-3-1-2-4-11(9)14-12(10)7-8/h1-27H;1-14,16-17H,15H2;1-11H;1-9H,15H2;1-7H. The first-order chi connectivity index (χ1) is 58.2. The number of nitrogen functional groups attached to an aromatic ring is 1. The lowest BCUT2D eigenvalue weighted by Gasteiger charge is -2.28. The van der Waals surface area contributed by atoms with Crippen LogP contribution in [0.3, 0.4) is 0 Å². The molecule has 0 amide bonds. The number of nitrogens with two attached hydrogens (primary N) is 1. The highest BCUT2D eigenvalue weighted by Crippen LogP contribution is 2.46. The quantitative estimate of drug-likeness (QED) is 0.127. The van der Waals surface area contributed by atoms with Gasteiger partial charge < -0.3 is 23.9 Å². The van der Waals surface area contributed by atoms with Gasteiger partial charge in [0.15, 0.2) is 0 Å².